The number of carbonyl (C=O) groups excluding carboxylic acids is 1. The number of benzene rings is 2. The van der Waals surface area contributed by atoms with Gasteiger partial charge in [0.05, 0.1) is 12.3 Å². The molecule has 1 amide bonds. The highest BCUT2D eigenvalue weighted by molar-refractivity contribution is 7.99. The van der Waals surface area contributed by atoms with E-state index in [1.165, 1.54) is 11.8 Å². The molecule has 0 aliphatic carbocycles. The van der Waals surface area contributed by atoms with Crippen LogP contribution in [0.4, 0.5) is 0 Å². The lowest BCUT2D eigenvalue weighted by Gasteiger charge is -2.16. The molecule has 0 unspecified atom stereocenters. The van der Waals surface area contributed by atoms with Crippen LogP contribution in [0.25, 0.3) is 11.5 Å². The minimum absolute atomic E-state index is 0.0413. The van der Waals surface area contributed by atoms with Crippen molar-refractivity contribution in [1.82, 2.24) is 15.1 Å². The summed E-state index contributed by atoms with van der Waals surface area (Å²) in [5.74, 6) is 1.35. The molecule has 0 bridgehead atoms. The zero-order chi connectivity index (χ0) is 19.9. The Morgan fingerprint density at radius 1 is 1.18 bits per heavy atom. The van der Waals surface area contributed by atoms with Gasteiger partial charge in [-0.1, -0.05) is 41.6 Å². The molecule has 0 saturated carbocycles. The molecule has 0 atom stereocenters. The van der Waals surface area contributed by atoms with Gasteiger partial charge in [0.15, 0.2) is 0 Å². The van der Waals surface area contributed by atoms with Gasteiger partial charge in [0.2, 0.25) is 11.8 Å². The first-order chi connectivity index (χ1) is 13.5. The topological polar surface area (TPSA) is 68.5 Å². The Morgan fingerprint density at radius 3 is 2.68 bits per heavy atom. The molecule has 6 nitrogen and oxygen atoms in total. The van der Waals surface area contributed by atoms with Crippen LogP contribution >= 0.6 is 23.4 Å². The SMILES string of the molecule is Cc1ccccc1-c1nnc(SCC(=O)N(C)CCOc2ccc(Cl)cc2)o1. The van der Waals surface area contributed by atoms with Crippen LogP contribution in [0.3, 0.4) is 0 Å². The number of carbonyl (C=O) groups is 1. The van der Waals surface area contributed by atoms with Crippen molar-refractivity contribution < 1.29 is 13.9 Å². The van der Waals surface area contributed by atoms with Crippen molar-refractivity contribution in [3.8, 4) is 17.2 Å². The standard InChI is InChI=1S/C20H20ClN3O3S/c1-14-5-3-4-6-17(14)19-22-23-20(27-19)28-13-18(25)24(2)11-12-26-16-9-7-15(21)8-10-16/h3-10H,11-13H2,1-2H3. The zero-order valence-electron chi connectivity index (χ0n) is 15.6. The predicted octanol–water partition coefficient (Wildman–Crippen LogP) is 4.33. The van der Waals surface area contributed by atoms with E-state index in [2.05, 4.69) is 10.2 Å². The van der Waals surface area contributed by atoms with Crippen molar-refractivity contribution in [2.75, 3.05) is 26.0 Å². The summed E-state index contributed by atoms with van der Waals surface area (Å²) in [6, 6.07) is 14.9. The third-order valence-corrected chi connectivity index (χ3v) is 5.09. The van der Waals surface area contributed by atoms with E-state index in [0.29, 0.717) is 35.0 Å². The van der Waals surface area contributed by atoms with Gasteiger partial charge in [-0.15, -0.1) is 10.2 Å². The van der Waals surface area contributed by atoms with Crippen molar-refractivity contribution in [2.45, 2.75) is 12.1 Å². The minimum atomic E-state index is -0.0413. The highest BCUT2D eigenvalue weighted by Crippen LogP contribution is 2.25. The first-order valence-corrected chi connectivity index (χ1v) is 10.0. The van der Waals surface area contributed by atoms with Gasteiger partial charge in [-0.2, -0.15) is 0 Å². The summed E-state index contributed by atoms with van der Waals surface area (Å²) in [5.41, 5.74) is 1.95. The van der Waals surface area contributed by atoms with Crippen LogP contribution in [-0.4, -0.2) is 47.0 Å². The van der Waals surface area contributed by atoms with Crippen LogP contribution in [0.15, 0.2) is 58.2 Å². The Hall–Kier alpha value is -2.51. The van der Waals surface area contributed by atoms with E-state index in [4.69, 9.17) is 20.8 Å². The van der Waals surface area contributed by atoms with E-state index < -0.39 is 0 Å². The highest BCUT2D eigenvalue weighted by Gasteiger charge is 2.14. The maximum atomic E-state index is 12.3. The molecule has 146 valence electrons. The number of halogens is 1. The molecule has 0 fully saturated rings. The first-order valence-electron chi connectivity index (χ1n) is 8.67. The molecule has 0 aliphatic heterocycles. The van der Waals surface area contributed by atoms with E-state index in [1.807, 2.05) is 31.2 Å². The molecule has 0 saturated heterocycles. The van der Waals surface area contributed by atoms with Crippen molar-refractivity contribution in [1.29, 1.82) is 0 Å². The van der Waals surface area contributed by atoms with E-state index in [-0.39, 0.29) is 11.7 Å². The first kappa shape index (κ1) is 20.2. The Labute approximate surface area is 172 Å². The number of likely N-dealkylation sites (N-methyl/N-ethyl adjacent to an activating group) is 1. The molecule has 0 spiro atoms. The Kier molecular flexibility index (Phi) is 6.95. The number of ether oxygens (including phenoxy) is 1. The zero-order valence-corrected chi connectivity index (χ0v) is 17.2. The molecule has 2 aromatic carbocycles. The maximum absolute atomic E-state index is 12.3. The monoisotopic (exact) mass is 417 g/mol. The number of hydrogen-bond acceptors (Lipinski definition) is 6. The summed E-state index contributed by atoms with van der Waals surface area (Å²) in [6.45, 7) is 2.85. The summed E-state index contributed by atoms with van der Waals surface area (Å²) >= 11 is 7.06. The van der Waals surface area contributed by atoms with Crippen LogP contribution in [0.5, 0.6) is 5.75 Å². The minimum Gasteiger partial charge on any atom is -0.492 e. The van der Waals surface area contributed by atoms with Crippen molar-refractivity contribution >= 4 is 29.3 Å². The fourth-order valence-electron chi connectivity index (χ4n) is 2.38. The fourth-order valence-corrected chi connectivity index (χ4v) is 3.21. The van der Waals surface area contributed by atoms with Gasteiger partial charge < -0.3 is 14.1 Å². The third-order valence-electron chi connectivity index (χ3n) is 4.04. The largest absolute Gasteiger partial charge is 0.492 e. The summed E-state index contributed by atoms with van der Waals surface area (Å²) in [7, 11) is 1.74. The Morgan fingerprint density at radius 2 is 1.93 bits per heavy atom. The molecule has 3 aromatic rings. The smallest absolute Gasteiger partial charge is 0.277 e. The number of thioether (sulfide) groups is 1. The number of amides is 1. The van der Waals surface area contributed by atoms with Gasteiger partial charge in [0.1, 0.15) is 12.4 Å². The third kappa shape index (κ3) is 5.50. The maximum Gasteiger partial charge on any atom is 0.277 e. The molecule has 0 radical (unpaired) electrons. The van der Waals surface area contributed by atoms with Gasteiger partial charge in [-0.25, -0.2) is 0 Å². The summed E-state index contributed by atoms with van der Waals surface area (Å²) < 4.78 is 11.3. The molecular weight excluding hydrogens is 398 g/mol. The van der Waals surface area contributed by atoms with Crippen LogP contribution in [0.1, 0.15) is 5.56 Å². The number of aromatic nitrogens is 2. The van der Waals surface area contributed by atoms with Crippen LogP contribution < -0.4 is 4.74 Å². The van der Waals surface area contributed by atoms with Crippen LogP contribution in [0, 0.1) is 6.92 Å². The fraction of sp³-hybridized carbons (Fsp3) is 0.250. The van der Waals surface area contributed by atoms with E-state index in [0.717, 1.165) is 11.1 Å². The van der Waals surface area contributed by atoms with Crippen molar-refractivity contribution in [3.05, 3.63) is 59.1 Å². The van der Waals surface area contributed by atoms with E-state index >= 15 is 0 Å². The second kappa shape index (κ2) is 9.61. The van der Waals surface area contributed by atoms with Gasteiger partial charge in [0, 0.05) is 17.6 Å². The molecule has 28 heavy (non-hydrogen) atoms. The second-order valence-electron chi connectivity index (χ2n) is 6.09. The molecule has 1 heterocycles. The average molecular weight is 418 g/mol. The van der Waals surface area contributed by atoms with Gasteiger partial charge in [-0.3, -0.25) is 4.79 Å². The molecule has 8 heteroatoms. The number of nitrogens with zero attached hydrogens (tertiary/aromatic N) is 3. The lowest BCUT2D eigenvalue weighted by molar-refractivity contribution is -0.127. The number of rotatable bonds is 8. The Balaban J connectivity index is 1.44. The Bertz CT molecular complexity index is 930. The average Bonchev–Trinajstić information content (AvgIpc) is 3.16. The number of aryl methyl sites for hydroxylation is 1. The quantitative estimate of drug-likeness (QED) is 0.508. The van der Waals surface area contributed by atoms with E-state index in [9.17, 15) is 4.79 Å². The normalized spacial score (nSPS) is 10.7. The van der Waals surface area contributed by atoms with E-state index in [1.54, 1.807) is 36.2 Å². The molecule has 0 aliphatic rings. The lowest BCUT2D eigenvalue weighted by Crippen LogP contribution is -2.32. The molecule has 1 aromatic heterocycles. The molecule has 0 N–H and O–H groups in total. The van der Waals surface area contributed by atoms with Crippen LogP contribution in [0.2, 0.25) is 5.02 Å². The number of hydrogen-bond donors (Lipinski definition) is 0. The van der Waals surface area contributed by atoms with Crippen molar-refractivity contribution in [3.63, 3.8) is 0 Å². The van der Waals surface area contributed by atoms with Gasteiger partial charge >= 0.3 is 0 Å². The summed E-state index contributed by atoms with van der Waals surface area (Å²) in [5, 5.41) is 9.11. The highest BCUT2D eigenvalue weighted by atomic mass is 35.5. The molecular formula is C20H20ClN3O3S. The predicted molar refractivity (Wildman–Crippen MR) is 110 cm³/mol. The van der Waals surface area contributed by atoms with Crippen LogP contribution in [-0.2, 0) is 4.79 Å². The van der Waals surface area contributed by atoms with Gasteiger partial charge in [0.25, 0.3) is 5.22 Å². The molecule has 3 rings (SSSR count). The van der Waals surface area contributed by atoms with Gasteiger partial charge in [-0.05, 0) is 42.8 Å². The summed E-state index contributed by atoms with van der Waals surface area (Å²) in [6.07, 6.45) is 0. The lowest BCUT2D eigenvalue weighted by atomic mass is 10.1. The van der Waals surface area contributed by atoms with Crippen molar-refractivity contribution in [2.24, 2.45) is 0 Å². The summed E-state index contributed by atoms with van der Waals surface area (Å²) in [4.78, 5) is 13.9. The second-order valence-corrected chi connectivity index (χ2v) is 7.46.